The van der Waals surface area contributed by atoms with Gasteiger partial charge in [-0.25, -0.2) is 9.97 Å². The number of aromatic amines is 2. The fourth-order valence-electron chi connectivity index (χ4n) is 6.89. The molecule has 3 aromatic heterocycles. The molecule has 0 amide bonds. The van der Waals surface area contributed by atoms with Gasteiger partial charge in [0.1, 0.15) is 0 Å². The van der Waals surface area contributed by atoms with E-state index in [2.05, 4.69) is 219 Å². The maximum atomic E-state index is 5.38. The molecular weight excluding hydrogens is 963 g/mol. The first-order valence-electron chi connectivity index (χ1n) is 16.6. The minimum Gasteiger partial charge on any atom is -0.354 e. The van der Waals surface area contributed by atoms with Gasteiger partial charge in [-0.3, -0.25) is 0 Å². The average molecular weight is 989 g/mol. The van der Waals surface area contributed by atoms with Gasteiger partial charge < -0.3 is 9.97 Å². The Labute approximate surface area is 350 Å². The third kappa shape index (κ3) is 7.02. The van der Waals surface area contributed by atoms with Gasteiger partial charge in [0.25, 0.3) is 0 Å². The molecule has 5 heterocycles. The zero-order valence-corrected chi connectivity index (χ0v) is 35.0. The first-order valence-corrected chi connectivity index (χ1v) is 19.8. The Hall–Kier alpha value is -4.09. The molecule has 0 saturated heterocycles. The van der Waals surface area contributed by atoms with Gasteiger partial charge in [0.2, 0.25) is 0 Å². The second kappa shape index (κ2) is 15.0. The number of benzene rings is 4. The SMILES string of the molecule is Brc1ccc(-c2c3nc(c(-c4ccc(Br)cc4)c4ccc([nH]4)c(-c4ccc(Br)cc4)c4nc(c(-c5ccc(Br)cc5)c5ccc2[nH]5)C=C4)C=C3)cc1.[Co]. The molecule has 259 valence electrons. The van der Waals surface area contributed by atoms with Crippen LogP contribution in [0.4, 0.5) is 0 Å². The molecular formula is C44H26Br4CoN4. The van der Waals surface area contributed by atoms with Crippen molar-refractivity contribution in [2.45, 2.75) is 0 Å². The van der Waals surface area contributed by atoms with Crippen molar-refractivity contribution in [1.29, 1.82) is 0 Å². The van der Waals surface area contributed by atoms with Crippen molar-refractivity contribution in [1.82, 2.24) is 19.9 Å². The van der Waals surface area contributed by atoms with E-state index in [1.54, 1.807) is 0 Å². The molecule has 9 heteroatoms. The standard InChI is InChI=1S/C44H26Br4N4.Co/c45-29-9-1-25(2-10-29)41-33-17-19-35(49-33)42(26-3-11-30(46)12-4-26)37-21-23-39(51-37)44(28-7-15-32(48)16-8-28)40-24-22-38(52-40)43(36-20-18-34(41)50-36)27-5-13-31(47)14-6-27;/h1-24,49,52H;. The molecule has 2 aliphatic heterocycles. The predicted molar refractivity (Wildman–Crippen MR) is 231 cm³/mol. The summed E-state index contributed by atoms with van der Waals surface area (Å²) >= 11 is 14.5. The molecule has 0 fully saturated rings. The molecule has 0 unspecified atom stereocenters. The van der Waals surface area contributed by atoms with Crippen molar-refractivity contribution in [3.8, 4) is 44.5 Å². The summed E-state index contributed by atoms with van der Waals surface area (Å²) in [7, 11) is 0. The van der Waals surface area contributed by atoms with Gasteiger partial charge in [-0.15, -0.1) is 0 Å². The zero-order valence-electron chi connectivity index (χ0n) is 27.6. The quantitative estimate of drug-likeness (QED) is 0.185. The van der Waals surface area contributed by atoms with E-state index < -0.39 is 0 Å². The van der Waals surface area contributed by atoms with Crippen molar-refractivity contribution < 1.29 is 16.8 Å². The zero-order chi connectivity index (χ0) is 35.3. The van der Waals surface area contributed by atoms with Gasteiger partial charge in [-0.1, -0.05) is 112 Å². The Balaban J connectivity index is 0.00000400. The second-order valence-corrected chi connectivity index (χ2v) is 16.2. The van der Waals surface area contributed by atoms with E-state index >= 15 is 0 Å². The molecule has 0 spiro atoms. The van der Waals surface area contributed by atoms with Gasteiger partial charge >= 0.3 is 0 Å². The van der Waals surface area contributed by atoms with Crippen LogP contribution in [0.1, 0.15) is 22.8 Å². The Morgan fingerprint density at radius 1 is 0.302 bits per heavy atom. The molecule has 53 heavy (non-hydrogen) atoms. The number of hydrogen-bond donors (Lipinski definition) is 2. The van der Waals surface area contributed by atoms with Crippen molar-refractivity contribution in [2.24, 2.45) is 0 Å². The average Bonchev–Trinajstić information content (AvgIpc) is 3.99. The largest absolute Gasteiger partial charge is 0.354 e. The van der Waals surface area contributed by atoms with Crippen molar-refractivity contribution in [3.05, 3.63) is 162 Å². The van der Waals surface area contributed by atoms with Crippen LogP contribution in [0.5, 0.6) is 0 Å². The Morgan fingerprint density at radius 2 is 0.509 bits per heavy atom. The topological polar surface area (TPSA) is 57.4 Å². The molecule has 0 aliphatic carbocycles. The normalized spacial score (nSPS) is 11.8. The third-order valence-electron chi connectivity index (χ3n) is 9.29. The van der Waals surface area contributed by atoms with Crippen LogP contribution in [-0.4, -0.2) is 19.9 Å². The summed E-state index contributed by atoms with van der Waals surface area (Å²) in [5.41, 5.74) is 15.6. The molecule has 7 aromatic rings. The molecule has 2 aliphatic rings. The van der Waals surface area contributed by atoms with Crippen molar-refractivity contribution in [3.63, 3.8) is 0 Å². The van der Waals surface area contributed by atoms with E-state index in [0.717, 1.165) is 107 Å². The summed E-state index contributed by atoms with van der Waals surface area (Å²) in [5.74, 6) is 0. The van der Waals surface area contributed by atoms with Gasteiger partial charge in [0.15, 0.2) is 0 Å². The van der Waals surface area contributed by atoms with Crippen molar-refractivity contribution >= 4 is 110 Å². The first kappa shape index (κ1) is 35.9. The summed E-state index contributed by atoms with van der Waals surface area (Å²) in [4.78, 5) is 18.4. The number of aromatic nitrogens is 4. The fraction of sp³-hybridized carbons (Fsp3) is 0. The molecule has 1 radical (unpaired) electrons. The number of nitrogens with zero attached hydrogens (tertiary/aromatic N) is 2. The minimum absolute atomic E-state index is 0. The van der Waals surface area contributed by atoms with E-state index in [9.17, 15) is 0 Å². The van der Waals surface area contributed by atoms with Crippen LogP contribution in [0, 0.1) is 0 Å². The van der Waals surface area contributed by atoms with Crippen LogP contribution in [-0.2, 0) is 16.8 Å². The number of fused-ring (bicyclic) bond motifs is 8. The molecule has 4 aromatic carbocycles. The summed E-state index contributed by atoms with van der Waals surface area (Å²) in [6, 6.07) is 42.2. The van der Waals surface area contributed by atoms with E-state index in [0.29, 0.717) is 0 Å². The third-order valence-corrected chi connectivity index (χ3v) is 11.4. The number of nitrogens with one attached hydrogen (secondary N) is 2. The van der Waals surface area contributed by atoms with Crippen LogP contribution in [0.2, 0.25) is 0 Å². The number of hydrogen-bond acceptors (Lipinski definition) is 2. The first-order chi connectivity index (χ1) is 25.4. The molecule has 8 bridgehead atoms. The van der Waals surface area contributed by atoms with E-state index in [1.165, 1.54) is 0 Å². The minimum atomic E-state index is 0. The van der Waals surface area contributed by atoms with Crippen molar-refractivity contribution in [2.75, 3.05) is 0 Å². The molecule has 4 nitrogen and oxygen atoms in total. The van der Waals surface area contributed by atoms with Gasteiger partial charge in [-0.2, -0.15) is 0 Å². The summed E-state index contributed by atoms with van der Waals surface area (Å²) in [6.07, 6.45) is 8.49. The molecule has 2 N–H and O–H groups in total. The molecule has 0 atom stereocenters. The molecule has 9 rings (SSSR count). The second-order valence-electron chi connectivity index (χ2n) is 12.5. The van der Waals surface area contributed by atoms with Crippen LogP contribution in [0.15, 0.2) is 139 Å². The number of H-pyrrole nitrogens is 2. The van der Waals surface area contributed by atoms with E-state index in [4.69, 9.17) is 9.97 Å². The van der Waals surface area contributed by atoms with Crippen LogP contribution in [0.25, 0.3) is 90.9 Å². The van der Waals surface area contributed by atoms with Gasteiger partial charge in [0, 0.05) is 79.0 Å². The Bertz CT molecular complexity index is 2370. The van der Waals surface area contributed by atoms with Gasteiger partial charge in [0.05, 0.1) is 22.8 Å². The van der Waals surface area contributed by atoms with E-state index in [1.807, 2.05) is 0 Å². The smallest absolute Gasteiger partial charge is 0.0737 e. The van der Waals surface area contributed by atoms with Crippen LogP contribution < -0.4 is 0 Å². The number of rotatable bonds is 4. The maximum Gasteiger partial charge on any atom is 0.0737 e. The Kier molecular flexibility index (Phi) is 10.1. The fourth-order valence-corrected chi connectivity index (χ4v) is 7.94. The number of halogens is 4. The summed E-state index contributed by atoms with van der Waals surface area (Å²) in [6.45, 7) is 0. The maximum absolute atomic E-state index is 5.38. The van der Waals surface area contributed by atoms with Crippen LogP contribution >= 0.6 is 63.7 Å². The molecule has 0 saturated carbocycles. The van der Waals surface area contributed by atoms with Gasteiger partial charge in [-0.05, 0) is 119 Å². The Morgan fingerprint density at radius 3 is 0.717 bits per heavy atom. The summed E-state index contributed by atoms with van der Waals surface area (Å²) in [5, 5.41) is 0. The van der Waals surface area contributed by atoms with Crippen LogP contribution in [0.3, 0.4) is 0 Å². The summed E-state index contributed by atoms with van der Waals surface area (Å²) < 4.78 is 4.07. The monoisotopic (exact) mass is 985 g/mol. The van der Waals surface area contributed by atoms with E-state index in [-0.39, 0.29) is 16.8 Å². The predicted octanol–water partition coefficient (Wildman–Crippen LogP) is 14.4.